The monoisotopic (exact) mass is 485 g/mol. The van der Waals surface area contributed by atoms with Crippen LogP contribution in [0.15, 0.2) is 48.5 Å². The van der Waals surface area contributed by atoms with Crippen molar-refractivity contribution in [1.29, 1.82) is 0 Å². The van der Waals surface area contributed by atoms with E-state index in [9.17, 15) is 9.59 Å². The number of anilines is 1. The summed E-state index contributed by atoms with van der Waals surface area (Å²) in [6.07, 6.45) is 1.65. The van der Waals surface area contributed by atoms with Gasteiger partial charge < -0.3 is 20.1 Å². The summed E-state index contributed by atoms with van der Waals surface area (Å²) in [5.41, 5.74) is 1.91. The van der Waals surface area contributed by atoms with E-state index in [1.807, 2.05) is 48.5 Å². The van der Waals surface area contributed by atoms with Crippen LogP contribution in [0.5, 0.6) is 0 Å². The lowest BCUT2D eigenvalue weighted by atomic mass is 9.73. The number of carbonyl (C=O) groups is 2. The Morgan fingerprint density at radius 2 is 1.71 bits per heavy atom. The van der Waals surface area contributed by atoms with Gasteiger partial charge in [0, 0.05) is 56.5 Å². The molecule has 2 fully saturated rings. The molecule has 2 amide bonds. The van der Waals surface area contributed by atoms with E-state index in [0.29, 0.717) is 44.0 Å². The first-order valence-electron chi connectivity index (χ1n) is 11.9. The van der Waals surface area contributed by atoms with Gasteiger partial charge in [0.15, 0.2) is 0 Å². The number of nitrogens with one attached hydrogen (secondary N) is 2. The van der Waals surface area contributed by atoms with Crippen molar-refractivity contribution >= 4 is 29.1 Å². The van der Waals surface area contributed by atoms with Gasteiger partial charge in [-0.1, -0.05) is 35.9 Å². The van der Waals surface area contributed by atoms with Gasteiger partial charge in [-0.05, 0) is 48.2 Å². The third-order valence-electron chi connectivity index (χ3n) is 6.58. The minimum atomic E-state index is -0.658. The van der Waals surface area contributed by atoms with E-state index in [2.05, 4.69) is 15.5 Å². The zero-order valence-electron chi connectivity index (χ0n) is 19.4. The fourth-order valence-corrected chi connectivity index (χ4v) is 4.76. The van der Waals surface area contributed by atoms with Crippen LogP contribution in [0.25, 0.3) is 0 Å². The lowest BCUT2D eigenvalue weighted by Crippen LogP contribution is -2.47. The van der Waals surface area contributed by atoms with Crippen molar-refractivity contribution in [3.05, 3.63) is 64.7 Å². The molecule has 0 unspecified atom stereocenters. The van der Waals surface area contributed by atoms with Crippen LogP contribution in [-0.2, 0) is 31.0 Å². The Kier molecular flexibility index (Phi) is 8.56. The first-order chi connectivity index (χ1) is 16.5. The van der Waals surface area contributed by atoms with Gasteiger partial charge in [0.05, 0.1) is 18.6 Å². The van der Waals surface area contributed by atoms with Crippen molar-refractivity contribution in [2.45, 2.75) is 31.2 Å². The van der Waals surface area contributed by atoms with Crippen LogP contribution in [-0.4, -0.2) is 62.8 Å². The fraction of sp³-hybridized carbons (Fsp3) is 0.462. The molecule has 0 aliphatic carbocycles. The number of benzene rings is 2. The van der Waals surface area contributed by atoms with Gasteiger partial charge in [-0.3, -0.25) is 14.5 Å². The number of amides is 2. The number of hydrogen-bond donors (Lipinski definition) is 2. The molecule has 2 aliphatic rings. The van der Waals surface area contributed by atoms with Gasteiger partial charge in [0.2, 0.25) is 11.8 Å². The predicted molar refractivity (Wildman–Crippen MR) is 132 cm³/mol. The van der Waals surface area contributed by atoms with Crippen LogP contribution in [0.3, 0.4) is 0 Å². The zero-order valence-corrected chi connectivity index (χ0v) is 20.1. The molecular formula is C26H32ClN3O4. The number of halogens is 1. The van der Waals surface area contributed by atoms with Gasteiger partial charge in [-0.25, -0.2) is 0 Å². The molecule has 8 heteroatoms. The average Bonchev–Trinajstić information content (AvgIpc) is 2.87. The van der Waals surface area contributed by atoms with Crippen molar-refractivity contribution in [3.63, 3.8) is 0 Å². The molecule has 2 saturated heterocycles. The van der Waals surface area contributed by atoms with E-state index in [1.54, 1.807) is 0 Å². The Balaban J connectivity index is 1.35. The summed E-state index contributed by atoms with van der Waals surface area (Å²) in [5, 5.41) is 6.70. The zero-order chi connectivity index (χ0) is 23.8. The second-order valence-electron chi connectivity index (χ2n) is 8.84. The number of ether oxygens (including phenoxy) is 2. The van der Waals surface area contributed by atoms with Crippen LogP contribution >= 0.6 is 11.6 Å². The maximum absolute atomic E-state index is 13.4. The summed E-state index contributed by atoms with van der Waals surface area (Å²) < 4.78 is 10.9. The Hall–Kier alpha value is -2.45. The first kappa shape index (κ1) is 24.7. The van der Waals surface area contributed by atoms with Gasteiger partial charge in [0.1, 0.15) is 0 Å². The fourth-order valence-electron chi connectivity index (χ4n) is 4.57. The normalized spacial score (nSPS) is 18.3. The molecule has 0 spiro atoms. The molecular weight excluding hydrogens is 454 g/mol. The molecule has 2 aromatic carbocycles. The second kappa shape index (κ2) is 11.8. The highest BCUT2D eigenvalue weighted by Crippen LogP contribution is 2.36. The Morgan fingerprint density at radius 1 is 0.971 bits per heavy atom. The van der Waals surface area contributed by atoms with Crippen LogP contribution in [0, 0.1) is 0 Å². The van der Waals surface area contributed by atoms with Gasteiger partial charge >= 0.3 is 0 Å². The third-order valence-corrected chi connectivity index (χ3v) is 6.82. The van der Waals surface area contributed by atoms with Crippen molar-refractivity contribution in [2.75, 3.05) is 51.4 Å². The first-order valence-corrected chi connectivity index (χ1v) is 12.2. The number of rotatable bonds is 8. The molecule has 0 saturated carbocycles. The van der Waals surface area contributed by atoms with Crippen molar-refractivity contribution in [2.24, 2.45) is 0 Å². The summed E-state index contributed by atoms with van der Waals surface area (Å²) >= 11 is 6.22. The Bertz CT molecular complexity index is 988. The van der Waals surface area contributed by atoms with E-state index < -0.39 is 5.41 Å². The van der Waals surface area contributed by atoms with Gasteiger partial charge in [-0.15, -0.1) is 0 Å². The summed E-state index contributed by atoms with van der Waals surface area (Å²) in [6.45, 7) is 5.34. The minimum absolute atomic E-state index is 0.0187. The molecule has 0 radical (unpaired) electrons. The molecule has 2 aromatic rings. The van der Waals surface area contributed by atoms with Crippen LogP contribution in [0.4, 0.5) is 5.69 Å². The SMILES string of the molecule is O=C(CCN1CCOCC1)Nc1cccc(CNC(=O)C2(c3cccc(Cl)c3)CCOCC2)c1. The number of carbonyl (C=O) groups excluding carboxylic acids is 2. The molecule has 2 N–H and O–H groups in total. The second-order valence-corrected chi connectivity index (χ2v) is 9.28. The lowest BCUT2D eigenvalue weighted by molar-refractivity contribution is -0.130. The quantitative estimate of drug-likeness (QED) is 0.599. The average molecular weight is 486 g/mol. The maximum Gasteiger partial charge on any atom is 0.231 e. The maximum atomic E-state index is 13.4. The van der Waals surface area contributed by atoms with Crippen molar-refractivity contribution < 1.29 is 19.1 Å². The highest BCUT2D eigenvalue weighted by molar-refractivity contribution is 6.30. The summed E-state index contributed by atoms with van der Waals surface area (Å²) in [5.74, 6) is -0.0483. The van der Waals surface area contributed by atoms with Crippen LogP contribution < -0.4 is 10.6 Å². The highest BCUT2D eigenvalue weighted by Gasteiger charge is 2.41. The molecule has 34 heavy (non-hydrogen) atoms. The van der Waals surface area contributed by atoms with E-state index in [0.717, 1.165) is 49.7 Å². The van der Waals surface area contributed by atoms with Crippen molar-refractivity contribution in [1.82, 2.24) is 10.2 Å². The Labute approximate surface area is 205 Å². The third kappa shape index (κ3) is 6.36. The van der Waals surface area contributed by atoms with E-state index in [4.69, 9.17) is 21.1 Å². The molecule has 0 aromatic heterocycles. The van der Waals surface area contributed by atoms with Crippen molar-refractivity contribution in [3.8, 4) is 0 Å². The predicted octanol–water partition coefficient (Wildman–Crippen LogP) is 3.37. The number of nitrogens with zero attached hydrogens (tertiary/aromatic N) is 1. The van der Waals surface area contributed by atoms with E-state index in [1.165, 1.54) is 0 Å². The number of morpholine rings is 1. The molecule has 2 aliphatic heterocycles. The topological polar surface area (TPSA) is 79.9 Å². The largest absolute Gasteiger partial charge is 0.381 e. The Morgan fingerprint density at radius 3 is 2.47 bits per heavy atom. The summed E-state index contributed by atoms with van der Waals surface area (Å²) in [4.78, 5) is 28.1. The molecule has 2 heterocycles. The molecule has 0 bridgehead atoms. The molecule has 182 valence electrons. The van der Waals surface area contributed by atoms with E-state index in [-0.39, 0.29) is 11.8 Å². The summed E-state index contributed by atoms with van der Waals surface area (Å²) in [6, 6.07) is 15.1. The molecule has 4 rings (SSSR count). The molecule has 0 atom stereocenters. The number of hydrogen-bond acceptors (Lipinski definition) is 5. The molecule has 7 nitrogen and oxygen atoms in total. The van der Waals surface area contributed by atoms with Gasteiger partial charge in [-0.2, -0.15) is 0 Å². The minimum Gasteiger partial charge on any atom is -0.381 e. The van der Waals surface area contributed by atoms with Crippen LogP contribution in [0.2, 0.25) is 5.02 Å². The van der Waals surface area contributed by atoms with Crippen LogP contribution in [0.1, 0.15) is 30.4 Å². The lowest BCUT2D eigenvalue weighted by Gasteiger charge is -2.36. The van der Waals surface area contributed by atoms with E-state index >= 15 is 0 Å². The highest BCUT2D eigenvalue weighted by atomic mass is 35.5. The van der Waals surface area contributed by atoms with Gasteiger partial charge in [0.25, 0.3) is 0 Å². The standard InChI is InChI=1S/C26H32ClN3O4/c27-22-5-2-4-21(18-22)26(8-13-33-14-9-26)25(32)28-19-20-3-1-6-23(17-20)29-24(31)7-10-30-11-15-34-16-12-30/h1-6,17-18H,7-16,19H2,(H,28,32)(H,29,31). The smallest absolute Gasteiger partial charge is 0.231 e. The summed E-state index contributed by atoms with van der Waals surface area (Å²) in [7, 11) is 0.